The predicted octanol–water partition coefficient (Wildman–Crippen LogP) is 4.70. The first-order valence-corrected chi connectivity index (χ1v) is 8.03. The fourth-order valence-corrected chi connectivity index (χ4v) is 2.91. The van der Waals surface area contributed by atoms with Gasteiger partial charge >= 0.3 is 0 Å². The molecule has 0 fully saturated rings. The molecule has 0 aliphatic carbocycles. The van der Waals surface area contributed by atoms with Crippen molar-refractivity contribution in [2.45, 2.75) is 19.9 Å². The number of fused-ring (bicyclic) bond motifs is 1. The number of benzene rings is 2. The minimum absolute atomic E-state index is 0.174. The molecule has 0 spiro atoms. The number of phenols is 1. The van der Waals surface area contributed by atoms with Crippen LogP contribution in [0.3, 0.4) is 0 Å². The third kappa shape index (κ3) is 3.10. The van der Waals surface area contributed by atoms with Gasteiger partial charge in [0.1, 0.15) is 11.3 Å². The molecule has 23 heavy (non-hydrogen) atoms. The van der Waals surface area contributed by atoms with E-state index in [2.05, 4.69) is 21.2 Å². The zero-order valence-electron chi connectivity index (χ0n) is 12.8. The molecule has 0 aliphatic rings. The largest absolute Gasteiger partial charge is 0.508 e. The van der Waals surface area contributed by atoms with E-state index in [-0.39, 0.29) is 17.7 Å². The first kappa shape index (κ1) is 15.6. The summed E-state index contributed by atoms with van der Waals surface area (Å²) in [6, 6.07) is 12.2. The minimum Gasteiger partial charge on any atom is -0.508 e. The van der Waals surface area contributed by atoms with Gasteiger partial charge in [-0.1, -0.05) is 28.1 Å². The van der Waals surface area contributed by atoms with E-state index >= 15 is 0 Å². The Kier molecular flexibility index (Phi) is 4.13. The van der Waals surface area contributed by atoms with Crippen molar-refractivity contribution in [2.75, 3.05) is 0 Å². The van der Waals surface area contributed by atoms with E-state index in [0.717, 1.165) is 21.0 Å². The highest BCUT2D eigenvalue weighted by atomic mass is 79.9. The SMILES string of the molecule is Cc1c(C(=O)NC(C)c2cccc(O)c2)oc2ccc(Br)cc12. The van der Waals surface area contributed by atoms with E-state index in [1.807, 2.05) is 38.1 Å². The highest BCUT2D eigenvalue weighted by Crippen LogP contribution is 2.28. The number of phenolic OH excluding ortho intramolecular Hbond substituents is 1. The maximum Gasteiger partial charge on any atom is 0.287 e. The Bertz CT molecular complexity index is 885. The molecule has 118 valence electrons. The minimum atomic E-state index is -0.273. The van der Waals surface area contributed by atoms with Crippen LogP contribution in [0.2, 0.25) is 0 Å². The van der Waals surface area contributed by atoms with Gasteiger partial charge in [-0.3, -0.25) is 4.79 Å². The van der Waals surface area contributed by atoms with Crippen molar-refractivity contribution < 1.29 is 14.3 Å². The summed E-state index contributed by atoms with van der Waals surface area (Å²) in [6.45, 7) is 3.73. The zero-order valence-corrected chi connectivity index (χ0v) is 14.3. The summed E-state index contributed by atoms with van der Waals surface area (Å²) in [5.74, 6) is 0.212. The number of furan rings is 1. The van der Waals surface area contributed by atoms with Gasteiger partial charge in [0.15, 0.2) is 5.76 Å². The van der Waals surface area contributed by atoms with E-state index in [4.69, 9.17) is 4.42 Å². The van der Waals surface area contributed by atoms with Gasteiger partial charge in [0.25, 0.3) is 5.91 Å². The summed E-state index contributed by atoms with van der Waals surface area (Å²) in [5.41, 5.74) is 2.32. The monoisotopic (exact) mass is 373 g/mol. The van der Waals surface area contributed by atoms with Crippen LogP contribution in [0.1, 0.15) is 34.6 Å². The number of aromatic hydroxyl groups is 1. The van der Waals surface area contributed by atoms with E-state index in [9.17, 15) is 9.90 Å². The van der Waals surface area contributed by atoms with Gasteiger partial charge < -0.3 is 14.8 Å². The third-order valence-corrected chi connectivity index (χ3v) is 4.32. The predicted molar refractivity (Wildman–Crippen MR) is 92.6 cm³/mol. The number of nitrogens with one attached hydrogen (secondary N) is 1. The van der Waals surface area contributed by atoms with Gasteiger partial charge in [0.05, 0.1) is 6.04 Å². The van der Waals surface area contributed by atoms with Gasteiger partial charge in [0.2, 0.25) is 0 Å². The third-order valence-electron chi connectivity index (χ3n) is 3.82. The maximum atomic E-state index is 12.5. The van der Waals surface area contributed by atoms with Gasteiger partial charge in [-0.2, -0.15) is 0 Å². The number of halogens is 1. The second-order valence-electron chi connectivity index (χ2n) is 5.49. The van der Waals surface area contributed by atoms with Crippen LogP contribution >= 0.6 is 15.9 Å². The van der Waals surface area contributed by atoms with Crippen molar-refractivity contribution in [2.24, 2.45) is 0 Å². The molecule has 1 unspecified atom stereocenters. The highest BCUT2D eigenvalue weighted by Gasteiger charge is 2.20. The highest BCUT2D eigenvalue weighted by molar-refractivity contribution is 9.10. The molecule has 3 aromatic rings. The van der Waals surface area contributed by atoms with Crippen LogP contribution in [-0.4, -0.2) is 11.0 Å². The van der Waals surface area contributed by atoms with Gasteiger partial charge in [0, 0.05) is 15.4 Å². The molecule has 0 aliphatic heterocycles. The average molecular weight is 374 g/mol. The second kappa shape index (κ2) is 6.08. The Morgan fingerprint density at radius 3 is 2.78 bits per heavy atom. The quantitative estimate of drug-likeness (QED) is 0.699. The topological polar surface area (TPSA) is 62.5 Å². The van der Waals surface area contributed by atoms with Crippen molar-refractivity contribution in [3.05, 3.63) is 63.8 Å². The number of aryl methyl sites for hydroxylation is 1. The lowest BCUT2D eigenvalue weighted by Gasteiger charge is -2.13. The molecule has 0 saturated carbocycles. The van der Waals surface area contributed by atoms with Crippen molar-refractivity contribution in [3.63, 3.8) is 0 Å². The Balaban J connectivity index is 1.87. The van der Waals surface area contributed by atoms with Crippen LogP contribution < -0.4 is 5.32 Å². The number of amides is 1. The Hall–Kier alpha value is -2.27. The molecule has 1 heterocycles. The van der Waals surface area contributed by atoms with Crippen LogP contribution in [0, 0.1) is 6.92 Å². The first-order valence-electron chi connectivity index (χ1n) is 7.24. The second-order valence-corrected chi connectivity index (χ2v) is 6.40. The summed E-state index contributed by atoms with van der Waals surface area (Å²) in [7, 11) is 0. The lowest BCUT2D eigenvalue weighted by molar-refractivity contribution is 0.0913. The lowest BCUT2D eigenvalue weighted by Crippen LogP contribution is -2.26. The van der Waals surface area contributed by atoms with Crippen molar-refractivity contribution in [1.29, 1.82) is 0 Å². The molecule has 1 amide bonds. The van der Waals surface area contributed by atoms with Gasteiger partial charge in [-0.05, 0) is 49.7 Å². The van der Waals surface area contributed by atoms with Gasteiger partial charge in [-0.25, -0.2) is 0 Å². The van der Waals surface area contributed by atoms with Crippen LogP contribution in [0.25, 0.3) is 11.0 Å². The maximum absolute atomic E-state index is 12.5. The number of carbonyl (C=O) groups excluding carboxylic acids is 1. The molecular formula is C18H16BrNO3. The van der Waals surface area contributed by atoms with Crippen LogP contribution in [-0.2, 0) is 0 Å². The van der Waals surface area contributed by atoms with Crippen LogP contribution in [0.15, 0.2) is 51.4 Å². The molecule has 0 radical (unpaired) electrons. The van der Waals surface area contributed by atoms with E-state index in [1.54, 1.807) is 18.2 Å². The smallest absolute Gasteiger partial charge is 0.287 e. The molecule has 2 aromatic carbocycles. The molecule has 1 aromatic heterocycles. The molecule has 1 atom stereocenters. The standard InChI is InChI=1S/C18H16BrNO3/c1-10-15-9-13(19)6-7-16(15)23-17(10)18(22)20-11(2)12-4-3-5-14(21)8-12/h3-9,11,21H,1-2H3,(H,20,22). The van der Waals surface area contributed by atoms with E-state index < -0.39 is 0 Å². The van der Waals surface area contributed by atoms with E-state index in [0.29, 0.717) is 11.3 Å². The Morgan fingerprint density at radius 1 is 1.26 bits per heavy atom. The molecule has 0 saturated heterocycles. The fourth-order valence-electron chi connectivity index (χ4n) is 2.55. The summed E-state index contributed by atoms with van der Waals surface area (Å²) in [5, 5.41) is 13.4. The first-order chi connectivity index (χ1) is 11.0. The number of carbonyl (C=O) groups is 1. The summed E-state index contributed by atoms with van der Waals surface area (Å²) in [4.78, 5) is 12.5. The number of hydrogen-bond donors (Lipinski definition) is 2. The normalized spacial score (nSPS) is 12.3. The number of hydrogen-bond acceptors (Lipinski definition) is 3. The molecule has 0 bridgehead atoms. The number of rotatable bonds is 3. The molecule has 3 rings (SSSR count). The van der Waals surface area contributed by atoms with Crippen LogP contribution in [0.4, 0.5) is 0 Å². The Labute approximate surface area is 142 Å². The molecule has 5 heteroatoms. The van der Waals surface area contributed by atoms with Crippen LogP contribution in [0.5, 0.6) is 5.75 Å². The fraction of sp³-hybridized carbons (Fsp3) is 0.167. The molecular weight excluding hydrogens is 358 g/mol. The van der Waals surface area contributed by atoms with Crippen molar-refractivity contribution >= 4 is 32.8 Å². The van der Waals surface area contributed by atoms with Crippen molar-refractivity contribution in [3.8, 4) is 5.75 Å². The Morgan fingerprint density at radius 2 is 2.04 bits per heavy atom. The summed E-state index contributed by atoms with van der Waals surface area (Å²) >= 11 is 3.42. The zero-order chi connectivity index (χ0) is 16.6. The van der Waals surface area contributed by atoms with Gasteiger partial charge in [-0.15, -0.1) is 0 Å². The molecule has 2 N–H and O–H groups in total. The van der Waals surface area contributed by atoms with E-state index in [1.165, 1.54) is 0 Å². The lowest BCUT2D eigenvalue weighted by atomic mass is 10.1. The summed E-state index contributed by atoms with van der Waals surface area (Å²) in [6.07, 6.45) is 0. The van der Waals surface area contributed by atoms with Crippen molar-refractivity contribution in [1.82, 2.24) is 5.32 Å². The average Bonchev–Trinajstić information content (AvgIpc) is 2.84. The summed E-state index contributed by atoms with van der Waals surface area (Å²) < 4.78 is 6.63. The molecule has 4 nitrogen and oxygen atoms in total.